The molecule has 0 aromatic heterocycles. The van der Waals surface area contributed by atoms with Gasteiger partial charge in [0.15, 0.2) is 0 Å². The van der Waals surface area contributed by atoms with Crippen LogP contribution in [0.1, 0.15) is 44.2 Å². The van der Waals surface area contributed by atoms with Crippen molar-refractivity contribution in [3.05, 3.63) is 108 Å². The van der Waals surface area contributed by atoms with E-state index in [2.05, 4.69) is 5.32 Å². The van der Waals surface area contributed by atoms with E-state index >= 15 is 0 Å². The highest BCUT2D eigenvalue weighted by molar-refractivity contribution is 7.93. The van der Waals surface area contributed by atoms with Crippen LogP contribution in [0.2, 0.25) is 0 Å². The number of nitrogens with zero attached hydrogens (tertiary/aromatic N) is 2. The van der Waals surface area contributed by atoms with E-state index in [9.17, 15) is 22.4 Å². The zero-order valence-corrected chi connectivity index (χ0v) is 25.2. The Balaban J connectivity index is 1.40. The van der Waals surface area contributed by atoms with Crippen LogP contribution in [-0.2, 0) is 32.6 Å². The molecule has 0 aliphatic carbocycles. The quantitative estimate of drug-likeness (QED) is 0.222. The molecule has 1 N–H and O–H groups in total. The SMILES string of the molecule is CC[C@H](C)NC(=O)[C@@H](Cc1ccccc1)N(Cc1ccc(F)cc1)C(=O)CCCN1c2cccc3cccc(c23)S1(=O)=O. The second-order valence-corrected chi connectivity index (χ2v) is 12.8. The standard InChI is InChI=1S/C34H36FN3O4S/c1-3-24(2)36-34(40)30(22-25-10-5-4-6-11-25)37(23-26-17-19-28(35)20-18-26)32(39)16-9-21-38-29-14-7-12-27-13-8-15-31(33(27)29)43(38,41)42/h4-8,10-15,17-20,24,30H,3,9,16,21-23H2,1-2H3,(H,36,40)/t24-,30+/m0/s1. The van der Waals surface area contributed by atoms with Crippen LogP contribution in [0.25, 0.3) is 10.8 Å². The molecule has 0 bridgehead atoms. The fraction of sp³-hybridized carbons (Fsp3) is 0.294. The molecular weight excluding hydrogens is 565 g/mol. The Kier molecular flexibility index (Phi) is 9.11. The van der Waals surface area contributed by atoms with Gasteiger partial charge in [-0.2, -0.15) is 0 Å². The van der Waals surface area contributed by atoms with Crippen molar-refractivity contribution in [3.63, 3.8) is 0 Å². The lowest BCUT2D eigenvalue weighted by Gasteiger charge is -2.32. The lowest BCUT2D eigenvalue weighted by Crippen LogP contribution is -2.52. The van der Waals surface area contributed by atoms with Crippen LogP contribution in [0.3, 0.4) is 0 Å². The van der Waals surface area contributed by atoms with E-state index in [1.54, 1.807) is 35.2 Å². The average Bonchev–Trinajstić information content (AvgIpc) is 3.23. The van der Waals surface area contributed by atoms with Gasteiger partial charge in [-0.1, -0.05) is 73.7 Å². The van der Waals surface area contributed by atoms with Gasteiger partial charge in [0.1, 0.15) is 11.9 Å². The van der Waals surface area contributed by atoms with Crippen LogP contribution >= 0.6 is 0 Å². The van der Waals surface area contributed by atoms with E-state index in [-0.39, 0.29) is 54.5 Å². The number of anilines is 1. The third-order valence-corrected chi connectivity index (χ3v) is 9.83. The van der Waals surface area contributed by atoms with Crippen molar-refractivity contribution >= 4 is 38.3 Å². The van der Waals surface area contributed by atoms with E-state index in [4.69, 9.17) is 0 Å². The van der Waals surface area contributed by atoms with Gasteiger partial charge in [-0.25, -0.2) is 12.8 Å². The van der Waals surface area contributed by atoms with Crippen molar-refractivity contribution in [3.8, 4) is 0 Å². The first kappa shape index (κ1) is 30.2. The zero-order chi connectivity index (χ0) is 30.6. The fourth-order valence-electron chi connectivity index (χ4n) is 5.50. The smallest absolute Gasteiger partial charge is 0.265 e. The Labute approximate surface area is 252 Å². The highest BCUT2D eigenvalue weighted by Gasteiger charge is 2.36. The number of carbonyl (C=O) groups is 2. The van der Waals surface area contributed by atoms with Crippen molar-refractivity contribution in [1.29, 1.82) is 0 Å². The monoisotopic (exact) mass is 601 g/mol. The van der Waals surface area contributed by atoms with Crippen LogP contribution in [-0.4, -0.2) is 43.8 Å². The summed E-state index contributed by atoms with van der Waals surface area (Å²) in [7, 11) is -3.75. The highest BCUT2D eigenvalue weighted by atomic mass is 32.2. The minimum atomic E-state index is -3.75. The third kappa shape index (κ3) is 6.57. The number of nitrogens with one attached hydrogen (secondary N) is 1. The number of benzene rings is 4. The summed E-state index contributed by atoms with van der Waals surface area (Å²) in [6, 6.07) is 25.2. The first-order chi connectivity index (χ1) is 20.7. The molecule has 0 unspecified atom stereocenters. The van der Waals surface area contributed by atoms with Crippen molar-refractivity contribution in [1.82, 2.24) is 10.2 Å². The maximum absolute atomic E-state index is 14.0. The second-order valence-electron chi connectivity index (χ2n) is 11.0. The van der Waals surface area contributed by atoms with E-state index < -0.39 is 16.1 Å². The molecule has 0 fully saturated rings. The van der Waals surface area contributed by atoms with Gasteiger partial charge in [0.25, 0.3) is 10.0 Å². The maximum atomic E-state index is 14.0. The number of hydrogen-bond acceptors (Lipinski definition) is 4. The van der Waals surface area contributed by atoms with Crippen LogP contribution in [0.5, 0.6) is 0 Å². The predicted octanol–water partition coefficient (Wildman–Crippen LogP) is 5.82. The molecule has 0 saturated heterocycles. The molecule has 224 valence electrons. The molecule has 4 aromatic rings. The third-order valence-electron chi connectivity index (χ3n) is 7.97. The van der Waals surface area contributed by atoms with Gasteiger partial charge in [0, 0.05) is 37.4 Å². The fourth-order valence-corrected chi connectivity index (χ4v) is 7.25. The van der Waals surface area contributed by atoms with E-state index in [1.165, 1.54) is 16.4 Å². The van der Waals surface area contributed by atoms with E-state index in [0.717, 1.165) is 17.4 Å². The number of halogens is 1. The summed E-state index contributed by atoms with van der Waals surface area (Å²) in [5.74, 6) is -0.936. The highest BCUT2D eigenvalue weighted by Crippen LogP contribution is 2.42. The summed E-state index contributed by atoms with van der Waals surface area (Å²) in [6.07, 6.45) is 1.32. The Hall–Kier alpha value is -4.24. The summed E-state index contributed by atoms with van der Waals surface area (Å²) in [4.78, 5) is 29.4. The minimum Gasteiger partial charge on any atom is -0.352 e. The van der Waals surface area contributed by atoms with Crippen molar-refractivity contribution < 1.29 is 22.4 Å². The lowest BCUT2D eigenvalue weighted by molar-refractivity contribution is -0.141. The normalized spacial score (nSPS) is 14.8. The molecule has 1 aliphatic rings. The van der Waals surface area contributed by atoms with Crippen LogP contribution in [0.15, 0.2) is 95.9 Å². The van der Waals surface area contributed by atoms with Crippen molar-refractivity contribution in [2.45, 2.75) is 63.1 Å². The first-order valence-corrected chi connectivity index (χ1v) is 16.1. The Morgan fingerprint density at radius 3 is 2.30 bits per heavy atom. The summed E-state index contributed by atoms with van der Waals surface area (Å²) in [5.41, 5.74) is 2.20. The van der Waals surface area contributed by atoms with Gasteiger partial charge in [0.05, 0.1) is 10.6 Å². The van der Waals surface area contributed by atoms with Gasteiger partial charge in [-0.15, -0.1) is 0 Å². The molecule has 9 heteroatoms. The van der Waals surface area contributed by atoms with Gasteiger partial charge in [-0.05, 0) is 60.5 Å². The molecule has 1 heterocycles. The largest absolute Gasteiger partial charge is 0.352 e. The summed E-state index contributed by atoms with van der Waals surface area (Å²) in [6.45, 7) is 4.12. The van der Waals surface area contributed by atoms with Crippen LogP contribution < -0.4 is 9.62 Å². The van der Waals surface area contributed by atoms with Crippen LogP contribution in [0, 0.1) is 5.82 Å². The molecule has 0 saturated carbocycles. The molecule has 1 aliphatic heterocycles. The van der Waals surface area contributed by atoms with Gasteiger partial charge in [0.2, 0.25) is 11.8 Å². The number of amides is 2. The summed E-state index contributed by atoms with van der Waals surface area (Å²) in [5, 5.41) is 4.57. The molecule has 4 aromatic carbocycles. The Morgan fingerprint density at radius 1 is 0.907 bits per heavy atom. The molecule has 2 atom stereocenters. The maximum Gasteiger partial charge on any atom is 0.265 e. The van der Waals surface area contributed by atoms with Gasteiger partial charge in [-0.3, -0.25) is 13.9 Å². The molecule has 5 rings (SSSR count). The first-order valence-electron chi connectivity index (χ1n) is 14.6. The van der Waals surface area contributed by atoms with Gasteiger partial charge >= 0.3 is 0 Å². The molecule has 7 nitrogen and oxygen atoms in total. The molecule has 43 heavy (non-hydrogen) atoms. The van der Waals surface area contributed by atoms with Gasteiger partial charge < -0.3 is 10.2 Å². The average molecular weight is 602 g/mol. The molecule has 0 spiro atoms. The lowest BCUT2D eigenvalue weighted by atomic mass is 10.0. The number of hydrogen-bond donors (Lipinski definition) is 1. The van der Waals surface area contributed by atoms with E-state index in [1.807, 2.05) is 62.4 Å². The van der Waals surface area contributed by atoms with Crippen molar-refractivity contribution in [2.24, 2.45) is 0 Å². The number of carbonyl (C=O) groups excluding carboxylic acids is 2. The van der Waals surface area contributed by atoms with Crippen LogP contribution in [0.4, 0.5) is 10.1 Å². The minimum absolute atomic E-state index is 0.0292. The number of sulfonamides is 1. The molecular formula is C34H36FN3O4S. The Morgan fingerprint density at radius 2 is 1.60 bits per heavy atom. The zero-order valence-electron chi connectivity index (χ0n) is 24.4. The topological polar surface area (TPSA) is 86.8 Å². The second kappa shape index (κ2) is 13.0. The van der Waals surface area contributed by atoms with E-state index in [0.29, 0.717) is 23.1 Å². The van der Waals surface area contributed by atoms with Crippen molar-refractivity contribution in [2.75, 3.05) is 10.8 Å². The predicted molar refractivity (Wildman–Crippen MR) is 166 cm³/mol. The summed E-state index contributed by atoms with van der Waals surface area (Å²) < 4.78 is 41.9. The summed E-state index contributed by atoms with van der Waals surface area (Å²) >= 11 is 0. The molecule has 0 radical (unpaired) electrons. The number of rotatable bonds is 12. The Bertz CT molecular complexity index is 1710. The molecule has 2 amide bonds.